The van der Waals surface area contributed by atoms with E-state index in [1.807, 2.05) is 59.1 Å². The first kappa shape index (κ1) is 17.4. The van der Waals surface area contributed by atoms with Gasteiger partial charge in [0.1, 0.15) is 16.1 Å². The molecule has 2 heterocycles. The first-order valence-corrected chi connectivity index (χ1v) is 9.07. The zero-order chi connectivity index (χ0) is 18.8. The molecule has 0 aliphatic rings. The summed E-state index contributed by atoms with van der Waals surface area (Å²) < 4.78 is 13.4. The first-order valence-electron chi connectivity index (χ1n) is 8.27. The maximum atomic E-state index is 5.41. The maximum absolute atomic E-state index is 5.41. The number of anilines is 2. The number of ether oxygens (including phenoxy) is 2. The van der Waals surface area contributed by atoms with Crippen LogP contribution in [0.5, 0.6) is 11.5 Å². The third-order valence-electron chi connectivity index (χ3n) is 4.17. The number of halogens is 1. The van der Waals surface area contributed by atoms with Gasteiger partial charge in [-0.3, -0.25) is 4.40 Å². The average Bonchev–Trinajstić information content (AvgIpc) is 3.06. The van der Waals surface area contributed by atoms with E-state index in [0.29, 0.717) is 11.5 Å². The van der Waals surface area contributed by atoms with Crippen molar-refractivity contribution in [2.45, 2.75) is 0 Å². The molecule has 0 aliphatic heterocycles. The van der Waals surface area contributed by atoms with Crippen LogP contribution < -0.4 is 14.8 Å². The lowest BCUT2D eigenvalue weighted by Gasteiger charge is -2.12. The van der Waals surface area contributed by atoms with Crippen molar-refractivity contribution >= 4 is 33.1 Å². The number of methoxy groups -OCH3 is 2. The Morgan fingerprint density at radius 1 is 1.00 bits per heavy atom. The van der Waals surface area contributed by atoms with Gasteiger partial charge >= 0.3 is 0 Å². The third kappa shape index (κ3) is 3.33. The fraction of sp³-hybridized carbons (Fsp3) is 0.100. The zero-order valence-electron chi connectivity index (χ0n) is 14.8. The molecule has 0 atom stereocenters. The number of fused-ring (bicyclic) bond motifs is 1. The highest BCUT2D eigenvalue weighted by molar-refractivity contribution is 9.10. The Labute approximate surface area is 164 Å². The maximum Gasteiger partial charge on any atom is 0.162 e. The van der Waals surface area contributed by atoms with E-state index in [1.165, 1.54) is 0 Å². The van der Waals surface area contributed by atoms with E-state index in [4.69, 9.17) is 14.5 Å². The van der Waals surface area contributed by atoms with Crippen molar-refractivity contribution in [3.05, 3.63) is 65.5 Å². The molecule has 0 amide bonds. The number of hydrogen-bond donors (Lipinski definition) is 1. The van der Waals surface area contributed by atoms with E-state index in [-0.39, 0.29) is 0 Å². The molecule has 0 saturated heterocycles. The summed E-state index contributed by atoms with van der Waals surface area (Å²) in [6.07, 6.45) is 3.62. The van der Waals surface area contributed by atoms with Crippen LogP contribution >= 0.6 is 15.9 Å². The van der Waals surface area contributed by atoms with Crippen molar-refractivity contribution in [3.63, 3.8) is 0 Å². The van der Waals surface area contributed by atoms with Crippen molar-refractivity contribution in [2.75, 3.05) is 19.5 Å². The third-order valence-corrected chi connectivity index (χ3v) is 4.58. The molecule has 136 valence electrons. The highest BCUT2D eigenvalue weighted by Crippen LogP contribution is 2.35. The second kappa shape index (κ2) is 7.28. The molecule has 0 spiro atoms. The molecule has 7 heteroatoms. The molecule has 0 fully saturated rings. The number of nitrogens with zero attached hydrogens (tertiary/aromatic N) is 3. The highest BCUT2D eigenvalue weighted by atomic mass is 79.9. The van der Waals surface area contributed by atoms with Gasteiger partial charge in [-0.25, -0.2) is 9.97 Å². The van der Waals surface area contributed by atoms with Gasteiger partial charge in [0.15, 0.2) is 17.1 Å². The number of rotatable bonds is 5. The molecule has 1 N–H and O–H groups in total. The quantitative estimate of drug-likeness (QED) is 0.492. The van der Waals surface area contributed by atoms with Crippen molar-refractivity contribution in [1.82, 2.24) is 14.4 Å². The van der Waals surface area contributed by atoms with Gasteiger partial charge in [0.2, 0.25) is 0 Å². The minimum atomic E-state index is 0.653. The highest BCUT2D eigenvalue weighted by Gasteiger charge is 2.16. The molecule has 2 aromatic heterocycles. The number of aromatic nitrogens is 3. The molecule has 0 unspecified atom stereocenters. The van der Waals surface area contributed by atoms with Crippen molar-refractivity contribution < 1.29 is 9.47 Å². The number of nitrogens with one attached hydrogen (secondary N) is 1. The van der Waals surface area contributed by atoms with Crippen LogP contribution in [0.2, 0.25) is 0 Å². The minimum Gasteiger partial charge on any atom is -0.493 e. The van der Waals surface area contributed by atoms with E-state index in [9.17, 15) is 0 Å². The molecule has 4 aromatic rings. The molecule has 0 saturated carbocycles. The van der Waals surface area contributed by atoms with Crippen LogP contribution in [0.4, 0.5) is 11.5 Å². The van der Waals surface area contributed by atoms with Gasteiger partial charge in [-0.2, -0.15) is 0 Å². The van der Waals surface area contributed by atoms with Crippen LogP contribution in [0.1, 0.15) is 0 Å². The summed E-state index contributed by atoms with van der Waals surface area (Å²) in [7, 11) is 3.24. The Morgan fingerprint density at radius 2 is 1.78 bits per heavy atom. The van der Waals surface area contributed by atoms with E-state index in [1.54, 1.807) is 20.4 Å². The van der Waals surface area contributed by atoms with Crippen LogP contribution in [-0.2, 0) is 0 Å². The first-order chi connectivity index (χ1) is 13.2. The standard InChI is InChI=1S/C20H17BrN4O2/c1-26-15-9-8-14(10-16(15)27-2)23-20-19(13-6-4-3-5-7-13)24-18-11-22-17(21)12-25(18)20/h3-12,23H,1-2H3. The summed E-state index contributed by atoms with van der Waals surface area (Å²) >= 11 is 3.44. The lowest BCUT2D eigenvalue weighted by atomic mass is 10.1. The van der Waals surface area contributed by atoms with Gasteiger partial charge < -0.3 is 14.8 Å². The Morgan fingerprint density at radius 3 is 2.52 bits per heavy atom. The van der Waals surface area contributed by atoms with Gasteiger partial charge in [-0.15, -0.1) is 0 Å². The molecule has 4 rings (SSSR count). The Balaban J connectivity index is 1.86. The van der Waals surface area contributed by atoms with Crippen LogP contribution in [0.3, 0.4) is 0 Å². The lowest BCUT2D eigenvalue weighted by Crippen LogP contribution is -1.99. The van der Waals surface area contributed by atoms with E-state index in [2.05, 4.69) is 26.2 Å². The van der Waals surface area contributed by atoms with Gasteiger partial charge in [0.25, 0.3) is 0 Å². The lowest BCUT2D eigenvalue weighted by molar-refractivity contribution is 0.355. The van der Waals surface area contributed by atoms with Gasteiger partial charge in [0, 0.05) is 23.5 Å². The van der Waals surface area contributed by atoms with Gasteiger partial charge in [-0.1, -0.05) is 30.3 Å². The molecular weight excluding hydrogens is 408 g/mol. The second-order valence-corrected chi connectivity index (χ2v) is 6.62. The van der Waals surface area contributed by atoms with E-state index >= 15 is 0 Å². The molecule has 6 nitrogen and oxygen atoms in total. The van der Waals surface area contributed by atoms with Crippen molar-refractivity contribution in [1.29, 1.82) is 0 Å². The monoisotopic (exact) mass is 424 g/mol. The van der Waals surface area contributed by atoms with Gasteiger partial charge in [-0.05, 0) is 28.1 Å². The topological polar surface area (TPSA) is 60.7 Å². The fourth-order valence-electron chi connectivity index (χ4n) is 2.90. The Bertz CT molecular complexity index is 1100. The number of hydrogen-bond acceptors (Lipinski definition) is 5. The van der Waals surface area contributed by atoms with E-state index < -0.39 is 0 Å². The van der Waals surface area contributed by atoms with Crippen LogP contribution in [-0.4, -0.2) is 28.6 Å². The summed E-state index contributed by atoms with van der Waals surface area (Å²) in [4.78, 5) is 9.04. The van der Waals surface area contributed by atoms with Gasteiger partial charge in [0.05, 0.1) is 20.4 Å². The summed E-state index contributed by atoms with van der Waals surface area (Å²) in [5, 5.41) is 3.46. The Hall–Kier alpha value is -3.06. The van der Waals surface area contributed by atoms with Crippen LogP contribution in [0.15, 0.2) is 65.5 Å². The molecule has 2 aromatic carbocycles. The smallest absolute Gasteiger partial charge is 0.162 e. The average molecular weight is 425 g/mol. The number of imidazole rings is 1. The summed E-state index contributed by atoms with van der Waals surface area (Å²) in [6, 6.07) is 15.7. The largest absolute Gasteiger partial charge is 0.493 e. The molecule has 0 aliphatic carbocycles. The van der Waals surface area contributed by atoms with Crippen LogP contribution in [0.25, 0.3) is 16.9 Å². The normalized spacial score (nSPS) is 10.8. The molecular formula is C20H17BrN4O2. The zero-order valence-corrected chi connectivity index (χ0v) is 16.4. The molecule has 0 radical (unpaired) electrons. The van der Waals surface area contributed by atoms with E-state index in [0.717, 1.165) is 33.0 Å². The van der Waals surface area contributed by atoms with Crippen molar-refractivity contribution in [3.8, 4) is 22.8 Å². The molecule has 27 heavy (non-hydrogen) atoms. The second-order valence-electron chi connectivity index (χ2n) is 5.81. The fourth-order valence-corrected chi connectivity index (χ4v) is 3.21. The predicted octanol–water partition coefficient (Wildman–Crippen LogP) is 4.92. The van der Waals surface area contributed by atoms with Crippen LogP contribution in [0, 0.1) is 0 Å². The SMILES string of the molecule is COc1ccc(Nc2c(-c3ccccc3)nc3cnc(Br)cn23)cc1OC. The minimum absolute atomic E-state index is 0.653. The summed E-state index contributed by atoms with van der Waals surface area (Å²) in [6.45, 7) is 0. The number of benzene rings is 2. The Kier molecular flexibility index (Phi) is 4.68. The predicted molar refractivity (Wildman–Crippen MR) is 109 cm³/mol. The summed E-state index contributed by atoms with van der Waals surface area (Å²) in [5.74, 6) is 2.17. The molecule has 0 bridgehead atoms. The summed E-state index contributed by atoms with van der Waals surface area (Å²) in [5.41, 5.74) is 3.46. The van der Waals surface area contributed by atoms with Crippen molar-refractivity contribution in [2.24, 2.45) is 0 Å².